The van der Waals surface area contributed by atoms with Gasteiger partial charge in [-0.2, -0.15) is 0 Å². The van der Waals surface area contributed by atoms with Crippen LogP contribution in [0.15, 0.2) is 0 Å². The van der Waals surface area contributed by atoms with E-state index in [1.807, 2.05) is 0 Å². The summed E-state index contributed by atoms with van der Waals surface area (Å²) >= 11 is 11.4. The van der Waals surface area contributed by atoms with Crippen LogP contribution in [-0.2, 0) is 0 Å². The first-order valence-electron chi connectivity index (χ1n) is 3.16. The van der Waals surface area contributed by atoms with E-state index < -0.39 is 0 Å². The summed E-state index contributed by atoms with van der Waals surface area (Å²) in [5, 5.41) is 0.243. The van der Waals surface area contributed by atoms with Gasteiger partial charge in [0.2, 0.25) is 0 Å². The van der Waals surface area contributed by atoms with Gasteiger partial charge in [-0.25, -0.2) is 0 Å². The zero-order valence-corrected chi connectivity index (χ0v) is 7.47. The van der Waals surface area contributed by atoms with Gasteiger partial charge in [-0.3, -0.25) is 0 Å². The second-order valence-electron chi connectivity index (χ2n) is 2.49. The van der Waals surface area contributed by atoms with Crippen LogP contribution in [-0.4, -0.2) is 11.3 Å². The summed E-state index contributed by atoms with van der Waals surface area (Å²) in [5.74, 6) is 2.04. The van der Waals surface area contributed by atoms with Gasteiger partial charge in [0.1, 0.15) is 0 Å². The molecule has 0 aromatic heterocycles. The van der Waals surface area contributed by atoms with Gasteiger partial charge in [0.15, 0.2) is 0 Å². The Morgan fingerprint density at radius 2 is 2.00 bits per heavy atom. The van der Waals surface area contributed by atoms with E-state index in [0.717, 1.165) is 12.8 Å². The van der Waals surface area contributed by atoms with Crippen LogP contribution in [0.1, 0.15) is 26.7 Å². The van der Waals surface area contributed by atoms with Gasteiger partial charge < -0.3 is 0 Å². The van der Waals surface area contributed by atoms with Gasteiger partial charge in [0.25, 0.3) is 0 Å². The minimum Gasteiger partial charge on any atom is -0.127 e. The van der Waals surface area contributed by atoms with Gasteiger partial charge in [0.05, 0.1) is 0 Å². The highest BCUT2D eigenvalue weighted by atomic mass is 35.5. The number of alkyl halides is 2. The molecule has 0 saturated carbocycles. The molecule has 0 aromatic carbocycles. The molecule has 1 radical (unpaired) electrons. The van der Waals surface area contributed by atoms with Gasteiger partial charge in [-0.1, -0.05) is 13.8 Å². The molecule has 0 N–H and O–H groups in total. The lowest BCUT2D eigenvalue weighted by Crippen LogP contribution is -2.02. The van der Waals surface area contributed by atoms with E-state index >= 15 is 0 Å². The summed E-state index contributed by atoms with van der Waals surface area (Å²) in [4.78, 5) is 0. The lowest BCUT2D eigenvalue weighted by Gasteiger charge is -2.08. The fourth-order valence-electron chi connectivity index (χ4n) is 0.663. The average Bonchev–Trinajstić information content (AvgIpc) is 1.63. The second-order valence-corrected chi connectivity index (χ2v) is 3.48. The fraction of sp³-hybridized carbons (Fsp3) is 0.857. The van der Waals surface area contributed by atoms with E-state index in [4.69, 9.17) is 23.2 Å². The van der Waals surface area contributed by atoms with E-state index in [9.17, 15) is 0 Å². The quantitative estimate of drug-likeness (QED) is 0.565. The third kappa shape index (κ3) is 6.47. The number of hydrogen-bond donors (Lipinski definition) is 0. The minimum absolute atomic E-state index is 0.243. The third-order valence-corrected chi connectivity index (χ3v) is 1.64. The summed E-state index contributed by atoms with van der Waals surface area (Å²) in [6.45, 7) is 4.17. The molecule has 0 aromatic rings. The Morgan fingerprint density at radius 3 is 2.33 bits per heavy atom. The molecule has 0 heterocycles. The molecular weight excluding hydrogens is 155 g/mol. The number of halogens is 2. The lowest BCUT2D eigenvalue weighted by atomic mass is 10.1. The van der Waals surface area contributed by atoms with Crippen molar-refractivity contribution in [1.82, 2.24) is 0 Å². The van der Waals surface area contributed by atoms with E-state index in [2.05, 4.69) is 13.8 Å². The normalized spacial score (nSPS) is 14.3. The van der Waals surface area contributed by atoms with Crippen LogP contribution in [0.2, 0.25) is 0 Å². The summed E-state index contributed by atoms with van der Waals surface area (Å²) in [7, 11) is 0. The first-order chi connectivity index (χ1) is 4.16. The third-order valence-electron chi connectivity index (χ3n) is 1.05. The van der Waals surface area contributed by atoms with Gasteiger partial charge in [-0.15, -0.1) is 23.2 Å². The van der Waals surface area contributed by atoms with E-state index in [0.29, 0.717) is 5.88 Å². The Morgan fingerprint density at radius 1 is 1.44 bits per heavy atom. The van der Waals surface area contributed by atoms with Crippen LogP contribution in [0.25, 0.3) is 0 Å². The highest BCUT2D eigenvalue weighted by Gasteiger charge is 2.05. The Balaban J connectivity index is 3.15. The molecule has 0 amide bonds. The van der Waals surface area contributed by atoms with Crippen molar-refractivity contribution < 1.29 is 0 Å². The van der Waals surface area contributed by atoms with Gasteiger partial charge in [-0.05, 0) is 18.8 Å². The van der Waals surface area contributed by atoms with Crippen LogP contribution in [0, 0.1) is 5.92 Å². The summed E-state index contributed by atoms with van der Waals surface area (Å²) in [6.07, 6.45) is 1.91. The molecule has 9 heavy (non-hydrogen) atoms. The molecule has 0 rings (SSSR count). The maximum Gasteiger partial charge on any atom is 0.0352 e. The lowest BCUT2D eigenvalue weighted by molar-refractivity contribution is 0.742. The van der Waals surface area contributed by atoms with Crippen LogP contribution in [0.3, 0.4) is 0 Å². The summed E-state index contributed by atoms with van der Waals surface area (Å²) < 4.78 is 0. The maximum absolute atomic E-state index is 5.87. The minimum atomic E-state index is 0.243. The van der Waals surface area contributed by atoms with E-state index in [1.54, 1.807) is 0 Å². The van der Waals surface area contributed by atoms with Crippen molar-refractivity contribution in [2.75, 3.05) is 5.88 Å². The van der Waals surface area contributed by atoms with Crippen molar-refractivity contribution in [2.45, 2.75) is 32.1 Å². The van der Waals surface area contributed by atoms with Gasteiger partial charge in [0, 0.05) is 11.3 Å². The predicted molar refractivity (Wildman–Crippen MR) is 44.2 cm³/mol. The fourth-order valence-corrected chi connectivity index (χ4v) is 1.46. The summed E-state index contributed by atoms with van der Waals surface area (Å²) in [6, 6.07) is 0. The first kappa shape index (κ1) is 9.58. The molecular formula is C7H13Cl2. The Kier molecular flexibility index (Phi) is 5.72. The summed E-state index contributed by atoms with van der Waals surface area (Å²) in [5.41, 5.74) is 0. The smallest absolute Gasteiger partial charge is 0.0352 e. The van der Waals surface area contributed by atoms with Crippen molar-refractivity contribution in [3.8, 4) is 0 Å². The zero-order chi connectivity index (χ0) is 7.28. The zero-order valence-electron chi connectivity index (χ0n) is 5.95. The topological polar surface area (TPSA) is 0 Å². The molecule has 2 heteroatoms. The first-order valence-corrected chi connectivity index (χ1v) is 4.13. The SMILES string of the molecule is C[C](C)CC(Cl)CCCl. The maximum atomic E-state index is 5.87. The Bertz CT molecular complexity index is 61.9. The van der Waals surface area contributed by atoms with Crippen molar-refractivity contribution in [1.29, 1.82) is 0 Å². The molecule has 0 aliphatic rings. The van der Waals surface area contributed by atoms with Crippen molar-refractivity contribution in [2.24, 2.45) is 0 Å². The van der Waals surface area contributed by atoms with Crippen LogP contribution in [0.5, 0.6) is 0 Å². The average molecular weight is 168 g/mol. The molecule has 55 valence electrons. The van der Waals surface area contributed by atoms with Crippen molar-refractivity contribution >= 4 is 23.2 Å². The van der Waals surface area contributed by atoms with Crippen LogP contribution < -0.4 is 0 Å². The van der Waals surface area contributed by atoms with E-state index in [1.165, 1.54) is 5.92 Å². The molecule has 1 unspecified atom stereocenters. The molecule has 0 bridgehead atoms. The largest absolute Gasteiger partial charge is 0.127 e. The van der Waals surface area contributed by atoms with Crippen LogP contribution >= 0.6 is 23.2 Å². The Labute approximate surface area is 67.5 Å². The van der Waals surface area contributed by atoms with Crippen molar-refractivity contribution in [3.63, 3.8) is 0 Å². The molecule has 0 saturated heterocycles. The molecule has 0 spiro atoms. The monoisotopic (exact) mass is 167 g/mol. The van der Waals surface area contributed by atoms with Crippen molar-refractivity contribution in [3.05, 3.63) is 5.92 Å². The Hall–Kier alpha value is 0.580. The molecule has 0 fully saturated rings. The highest BCUT2D eigenvalue weighted by Crippen LogP contribution is 2.15. The molecule has 0 aliphatic carbocycles. The highest BCUT2D eigenvalue weighted by molar-refractivity contribution is 6.22. The predicted octanol–water partition coefficient (Wildman–Crippen LogP) is 3.23. The molecule has 0 nitrogen and oxygen atoms in total. The standard InChI is InChI=1S/C7H13Cl2/c1-6(2)5-7(9)3-4-8/h7H,3-5H2,1-2H3. The van der Waals surface area contributed by atoms with E-state index in [-0.39, 0.29) is 5.38 Å². The second kappa shape index (κ2) is 5.37. The molecule has 0 aliphatic heterocycles. The number of hydrogen-bond acceptors (Lipinski definition) is 0. The number of rotatable bonds is 4. The van der Waals surface area contributed by atoms with Crippen LogP contribution in [0.4, 0.5) is 0 Å². The van der Waals surface area contributed by atoms with Gasteiger partial charge >= 0.3 is 0 Å². The molecule has 1 atom stereocenters.